The van der Waals surface area contributed by atoms with E-state index in [9.17, 15) is 0 Å². The number of rotatable bonds is 5. The van der Waals surface area contributed by atoms with Crippen LogP contribution in [-0.2, 0) is 4.74 Å². The Morgan fingerprint density at radius 3 is 2.50 bits per heavy atom. The zero-order valence-corrected chi connectivity index (χ0v) is 12.7. The van der Waals surface area contributed by atoms with Crippen LogP contribution in [0.2, 0.25) is 0 Å². The Hall–Kier alpha value is -0.0800. The van der Waals surface area contributed by atoms with Crippen molar-refractivity contribution in [3.8, 4) is 0 Å². The van der Waals surface area contributed by atoms with Crippen LogP contribution in [-0.4, -0.2) is 24.8 Å². The molecule has 3 unspecified atom stereocenters. The third-order valence-electron chi connectivity index (χ3n) is 5.36. The molecule has 1 spiro atoms. The quantitative estimate of drug-likeness (QED) is 0.808. The summed E-state index contributed by atoms with van der Waals surface area (Å²) in [6, 6.07) is 0.677. The Bertz CT molecular complexity index is 260. The first-order valence-electron chi connectivity index (χ1n) is 7.95. The number of hydrogen-bond donors (Lipinski definition) is 1. The Kier molecular flexibility index (Phi) is 4.71. The van der Waals surface area contributed by atoms with Gasteiger partial charge in [-0.25, -0.2) is 0 Å². The van der Waals surface area contributed by atoms with Crippen molar-refractivity contribution in [1.29, 1.82) is 0 Å². The molecular formula is C16H31NO. The highest BCUT2D eigenvalue weighted by molar-refractivity contribution is 4.97. The van der Waals surface area contributed by atoms with E-state index in [1.165, 1.54) is 32.1 Å². The van der Waals surface area contributed by atoms with Crippen LogP contribution in [0.4, 0.5) is 0 Å². The highest BCUT2D eigenvalue weighted by Crippen LogP contribution is 2.46. The van der Waals surface area contributed by atoms with Gasteiger partial charge in [-0.2, -0.15) is 0 Å². The molecule has 106 valence electrons. The minimum absolute atomic E-state index is 0.285. The van der Waals surface area contributed by atoms with E-state index in [1.54, 1.807) is 0 Å². The third kappa shape index (κ3) is 2.91. The Morgan fingerprint density at radius 2 is 2.00 bits per heavy atom. The number of nitrogens with one attached hydrogen (secondary N) is 1. The molecule has 0 amide bonds. The molecular weight excluding hydrogens is 222 g/mol. The van der Waals surface area contributed by atoms with Gasteiger partial charge in [0.15, 0.2) is 0 Å². The van der Waals surface area contributed by atoms with Crippen LogP contribution in [0.15, 0.2) is 0 Å². The predicted molar refractivity (Wildman–Crippen MR) is 76.7 cm³/mol. The van der Waals surface area contributed by atoms with E-state index in [1.807, 2.05) is 0 Å². The number of hydrogen-bond acceptors (Lipinski definition) is 2. The van der Waals surface area contributed by atoms with Crippen LogP contribution in [0, 0.1) is 17.8 Å². The second-order valence-corrected chi connectivity index (χ2v) is 6.82. The first-order valence-corrected chi connectivity index (χ1v) is 7.95. The van der Waals surface area contributed by atoms with Gasteiger partial charge in [0.2, 0.25) is 0 Å². The lowest BCUT2D eigenvalue weighted by Gasteiger charge is -2.50. The van der Waals surface area contributed by atoms with Gasteiger partial charge in [-0.05, 0) is 56.4 Å². The molecule has 0 aromatic rings. The van der Waals surface area contributed by atoms with Crippen molar-refractivity contribution in [3.05, 3.63) is 0 Å². The largest absolute Gasteiger partial charge is 0.375 e. The highest BCUT2D eigenvalue weighted by atomic mass is 16.5. The maximum atomic E-state index is 6.07. The van der Waals surface area contributed by atoms with Crippen LogP contribution in [0.3, 0.4) is 0 Å². The van der Waals surface area contributed by atoms with Crippen molar-refractivity contribution in [2.45, 2.75) is 71.4 Å². The average molecular weight is 253 g/mol. The summed E-state index contributed by atoms with van der Waals surface area (Å²) in [7, 11) is 0. The topological polar surface area (TPSA) is 21.3 Å². The van der Waals surface area contributed by atoms with Crippen molar-refractivity contribution >= 4 is 0 Å². The van der Waals surface area contributed by atoms with E-state index >= 15 is 0 Å². The lowest BCUT2D eigenvalue weighted by molar-refractivity contribution is -0.149. The lowest BCUT2D eigenvalue weighted by atomic mass is 9.68. The summed E-state index contributed by atoms with van der Waals surface area (Å²) >= 11 is 0. The molecule has 2 nitrogen and oxygen atoms in total. The van der Waals surface area contributed by atoms with E-state index in [2.05, 4.69) is 33.0 Å². The molecule has 2 heteroatoms. The van der Waals surface area contributed by atoms with Crippen LogP contribution >= 0.6 is 0 Å². The van der Waals surface area contributed by atoms with E-state index in [0.29, 0.717) is 6.04 Å². The number of ether oxygens (including phenoxy) is 1. The first-order chi connectivity index (χ1) is 8.58. The van der Waals surface area contributed by atoms with Gasteiger partial charge in [0.25, 0.3) is 0 Å². The van der Waals surface area contributed by atoms with Crippen molar-refractivity contribution < 1.29 is 4.74 Å². The van der Waals surface area contributed by atoms with Gasteiger partial charge in [0, 0.05) is 12.6 Å². The van der Waals surface area contributed by atoms with Crippen LogP contribution in [0.5, 0.6) is 0 Å². The predicted octanol–water partition coefficient (Wildman–Crippen LogP) is 3.61. The lowest BCUT2D eigenvalue weighted by Crippen LogP contribution is -2.52. The molecule has 1 aliphatic heterocycles. The SMILES string of the molecule is CCNC(C1CCOC2(CCC2)C1)C(C)C(C)C. The second-order valence-electron chi connectivity index (χ2n) is 6.82. The normalized spacial score (nSPS) is 30.2. The molecule has 0 aromatic carbocycles. The van der Waals surface area contributed by atoms with Gasteiger partial charge in [0.05, 0.1) is 5.60 Å². The second kappa shape index (κ2) is 5.92. The molecule has 1 heterocycles. The smallest absolute Gasteiger partial charge is 0.0685 e. The molecule has 1 N–H and O–H groups in total. The van der Waals surface area contributed by atoms with Gasteiger partial charge < -0.3 is 10.1 Å². The zero-order chi connectivity index (χ0) is 13.2. The third-order valence-corrected chi connectivity index (χ3v) is 5.36. The molecule has 2 aliphatic rings. The fourth-order valence-electron chi connectivity index (χ4n) is 3.72. The van der Waals surface area contributed by atoms with Gasteiger partial charge >= 0.3 is 0 Å². The fraction of sp³-hybridized carbons (Fsp3) is 1.00. The van der Waals surface area contributed by atoms with Crippen molar-refractivity contribution in [3.63, 3.8) is 0 Å². The summed E-state index contributed by atoms with van der Waals surface area (Å²) in [5, 5.41) is 3.76. The standard InChI is InChI=1S/C16H31NO/c1-5-17-15(13(4)12(2)3)14-7-10-18-16(11-14)8-6-9-16/h12-15,17H,5-11H2,1-4H3. The molecule has 18 heavy (non-hydrogen) atoms. The van der Waals surface area contributed by atoms with Gasteiger partial charge in [-0.3, -0.25) is 0 Å². The maximum Gasteiger partial charge on any atom is 0.0685 e. The van der Waals surface area contributed by atoms with Crippen LogP contribution < -0.4 is 5.32 Å². The zero-order valence-electron chi connectivity index (χ0n) is 12.7. The van der Waals surface area contributed by atoms with E-state index in [-0.39, 0.29) is 5.60 Å². The monoisotopic (exact) mass is 253 g/mol. The molecule has 1 saturated heterocycles. The Morgan fingerprint density at radius 1 is 1.28 bits per heavy atom. The highest BCUT2D eigenvalue weighted by Gasteiger charge is 2.45. The Balaban J connectivity index is 2.00. The molecule has 0 radical (unpaired) electrons. The Labute approximate surface area is 113 Å². The minimum atomic E-state index is 0.285. The van der Waals surface area contributed by atoms with Crippen molar-refractivity contribution in [1.82, 2.24) is 5.32 Å². The van der Waals surface area contributed by atoms with Gasteiger partial charge in [0.1, 0.15) is 0 Å². The van der Waals surface area contributed by atoms with Gasteiger partial charge in [-0.15, -0.1) is 0 Å². The average Bonchev–Trinajstić information content (AvgIpc) is 2.33. The van der Waals surface area contributed by atoms with Crippen molar-refractivity contribution in [2.24, 2.45) is 17.8 Å². The molecule has 1 saturated carbocycles. The molecule has 2 fully saturated rings. The summed E-state index contributed by atoms with van der Waals surface area (Å²) in [5.41, 5.74) is 0.285. The summed E-state index contributed by atoms with van der Waals surface area (Å²) < 4.78 is 6.07. The first kappa shape index (κ1) is 14.3. The molecule has 1 aliphatic carbocycles. The van der Waals surface area contributed by atoms with Crippen LogP contribution in [0.25, 0.3) is 0 Å². The molecule has 2 rings (SSSR count). The van der Waals surface area contributed by atoms with Gasteiger partial charge in [-0.1, -0.05) is 27.7 Å². The summed E-state index contributed by atoms with van der Waals surface area (Å²) in [4.78, 5) is 0. The summed E-state index contributed by atoms with van der Waals surface area (Å²) in [6.45, 7) is 11.4. The van der Waals surface area contributed by atoms with Crippen LogP contribution in [0.1, 0.15) is 59.8 Å². The molecule has 0 aromatic heterocycles. The molecule has 0 bridgehead atoms. The van der Waals surface area contributed by atoms with E-state index in [4.69, 9.17) is 4.74 Å². The van der Waals surface area contributed by atoms with E-state index < -0.39 is 0 Å². The van der Waals surface area contributed by atoms with E-state index in [0.717, 1.165) is 30.9 Å². The van der Waals surface area contributed by atoms with Crippen molar-refractivity contribution in [2.75, 3.05) is 13.2 Å². The molecule has 3 atom stereocenters. The minimum Gasteiger partial charge on any atom is -0.375 e. The summed E-state index contributed by atoms with van der Waals surface area (Å²) in [5.74, 6) is 2.33. The fourth-order valence-corrected chi connectivity index (χ4v) is 3.72. The maximum absolute atomic E-state index is 6.07. The summed E-state index contributed by atoms with van der Waals surface area (Å²) in [6.07, 6.45) is 6.52.